The number of benzene rings is 2. The summed E-state index contributed by atoms with van der Waals surface area (Å²) in [5.74, 6) is -0.200. The smallest absolute Gasteiger partial charge is 0.255 e. The van der Waals surface area contributed by atoms with Gasteiger partial charge in [0.25, 0.3) is 5.91 Å². The Bertz CT molecular complexity index is 638. The molecule has 0 spiro atoms. The highest BCUT2D eigenvalue weighted by Gasteiger charge is 2.09. The van der Waals surface area contributed by atoms with Gasteiger partial charge in [-0.3, -0.25) is 4.79 Å². The second-order valence-electron chi connectivity index (χ2n) is 4.51. The van der Waals surface area contributed by atoms with E-state index >= 15 is 0 Å². The maximum Gasteiger partial charge on any atom is 0.255 e. The van der Waals surface area contributed by atoms with Gasteiger partial charge in [0.1, 0.15) is 0 Å². The molecule has 0 aromatic heterocycles. The van der Waals surface area contributed by atoms with E-state index in [0.717, 1.165) is 11.1 Å². The summed E-state index contributed by atoms with van der Waals surface area (Å²) in [6.07, 6.45) is 0. The molecule has 98 valence electrons. The molecule has 0 saturated carbocycles. The van der Waals surface area contributed by atoms with E-state index in [-0.39, 0.29) is 5.91 Å². The van der Waals surface area contributed by atoms with Crippen molar-refractivity contribution in [1.29, 1.82) is 0 Å². The van der Waals surface area contributed by atoms with Gasteiger partial charge in [-0.05, 0) is 55.3 Å². The number of carbonyl (C=O) groups is 1. The Hall–Kier alpha value is -2.00. The number of amides is 1. The summed E-state index contributed by atoms with van der Waals surface area (Å²) >= 11 is 6.08. The minimum Gasteiger partial charge on any atom is -0.399 e. The molecule has 2 aromatic carbocycles. The number of aryl methyl sites for hydroxylation is 2. The van der Waals surface area contributed by atoms with E-state index in [2.05, 4.69) is 5.32 Å². The lowest BCUT2D eigenvalue weighted by atomic mass is 10.1. The van der Waals surface area contributed by atoms with Gasteiger partial charge in [-0.1, -0.05) is 17.7 Å². The predicted molar refractivity (Wildman–Crippen MR) is 79.7 cm³/mol. The molecule has 0 aliphatic heterocycles. The highest BCUT2D eigenvalue weighted by atomic mass is 35.5. The Morgan fingerprint density at radius 1 is 1.16 bits per heavy atom. The number of halogens is 1. The molecule has 0 unspecified atom stereocenters. The molecular formula is C15H15ClN2O. The van der Waals surface area contributed by atoms with Crippen LogP contribution in [0.1, 0.15) is 21.5 Å². The quantitative estimate of drug-likeness (QED) is 0.819. The molecule has 19 heavy (non-hydrogen) atoms. The lowest BCUT2D eigenvalue weighted by Gasteiger charge is -2.09. The minimum absolute atomic E-state index is 0.200. The summed E-state index contributed by atoms with van der Waals surface area (Å²) in [6, 6.07) is 10.7. The molecule has 2 rings (SSSR count). The zero-order valence-electron chi connectivity index (χ0n) is 10.8. The van der Waals surface area contributed by atoms with Gasteiger partial charge in [-0.2, -0.15) is 0 Å². The van der Waals surface area contributed by atoms with Crippen molar-refractivity contribution in [1.82, 2.24) is 0 Å². The third-order valence-electron chi connectivity index (χ3n) is 2.90. The molecule has 0 aliphatic rings. The van der Waals surface area contributed by atoms with Crippen LogP contribution in [0.15, 0.2) is 36.4 Å². The summed E-state index contributed by atoms with van der Waals surface area (Å²) in [7, 11) is 0. The van der Waals surface area contributed by atoms with E-state index in [0.29, 0.717) is 22.0 Å². The van der Waals surface area contributed by atoms with Gasteiger partial charge in [-0.15, -0.1) is 0 Å². The van der Waals surface area contributed by atoms with E-state index in [1.165, 1.54) is 0 Å². The van der Waals surface area contributed by atoms with Crippen molar-refractivity contribution in [2.75, 3.05) is 11.1 Å². The Morgan fingerprint density at radius 2 is 1.89 bits per heavy atom. The van der Waals surface area contributed by atoms with Gasteiger partial charge in [0.2, 0.25) is 0 Å². The molecule has 3 N–H and O–H groups in total. The van der Waals surface area contributed by atoms with E-state index in [1.807, 2.05) is 26.0 Å². The predicted octanol–water partition coefficient (Wildman–Crippen LogP) is 3.79. The first kappa shape index (κ1) is 13.4. The van der Waals surface area contributed by atoms with Crippen LogP contribution in [0.3, 0.4) is 0 Å². The summed E-state index contributed by atoms with van der Waals surface area (Å²) in [5, 5.41) is 3.32. The van der Waals surface area contributed by atoms with Crippen LogP contribution in [0.4, 0.5) is 11.4 Å². The normalized spacial score (nSPS) is 10.3. The molecule has 0 heterocycles. The van der Waals surface area contributed by atoms with Crippen molar-refractivity contribution < 1.29 is 4.79 Å². The molecule has 2 aromatic rings. The molecular weight excluding hydrogens is 260 g/mol. The minimum atomic E-state index is -0.200. The second-order valence-corrected chi connectivity index (χ2v) is 4.92. The summed E-state index contributed by atoms with van der Waals surface area (Å²) in [4.78, 5) is 12.1. The SMILES string of the molecule is Cc1ccc(NC(=O)c2ccc(N)c(C)c2)c(Cl)c1. The molecule has 0 radical (unpaired) electrons. The van der Waals surface area contributed by atoms with Crippen LogP contribution in [-0.2, 0) is 0 Å². The summed E-state index contributed by atoms with van der Waals surface area (Å²) < 4.78 is 0. The van der Waals surface area contributed by atoms with Crippen LogP contribution in [0.5, 0.6) is 0 Å². The van der Waals surface area contributed by atoms with Crippen molar-refractivity contribution >= 4 is 28.9 Å². The average molecular weight is 275 g/mol. The van der Waals surface area contributed by atoms with Gasteiger partial charge >= 0.3 is 0 Å². The summed E-state index contributed by atoms with van der Waals surface area (Å²) in [6.45, 7) is 3.81. The highest BCUT2D eigenvalue weighted by molar-refractivity contribution is 6.34. The van der Waals surface area contributed by atoms with Gasteiger partial charge in [0.05, 0.1) is 10.7 Å². The molecule has 0 atom stereocenters. The number of carbonyl (C=O) groups excluding carboxylic acids is 1. The van der Waals surface area contributed by atoms with Gasteiger partial charge in [0, 0.05) is 11.3 Å². The zero-order valence-corrected chi connectivity index (χ0v) is 11.6. The standard InChI is InChI=1S/C15H15ClN2O/c1-9-3-6-14(12(16)7-9)18-15(19)11-4-5-13(17)10(2)8-11/h3-8H,17H2,1-2H3,(H,18,19). The van der Waals surface area contributed by atoms with Gasteiger partial charge < -0.3 is 11.1 Å². The van der Waals surface area contributed by atoms with Crippen LogP contribution < -0.4 is 11.1 Å². The Kier molecular flexibility index (Phi) is 3.76. The lowest BCUT2D eigenvalue weighted by Crippen LogP contribution is -2.12. The molecule has 3 nitrogen and oxygen atoms in total. The van der Waals surface area contributed by atoms with Crippen LogP contribution in [0, 0.1) is 13.8 Å². The van der Waals surface area contributed by atoms with E-state index < -0.39 is 0 Å². The fourth-order valence-electron chi connectivity index (χ4n) is 1.73. The number of hydrogen-bond acceptors (Lipinski definition) is 2. The maximum absolute atomic E-state index is 12.1. The van der Waals surface area contributed by atoms with E-state index in [9.17, 15) is 4.79 Å². The Balaban J connectivity index is 2.23. The third-order valence-corrected chi connectivity index (χ3v) is 3.22. The van der Waals surface area contributed by atoms with Crippen molar-refractivity contribution in [3.63, 3.8) is 0 Å². The second kappa shape index (κ2) is 5.33. The molecule has 0 saturated heterocycles. The molecule has 4 heteroatoms. The Labute approximate surface area is 117 Å². The first-order valence-corrected chi connectivity index (χ1v) is 6.29. The first-order chi connectivity index (χ1) is 8.97. The topological polar surface area (TPSA) is 55.1 Å². The monoisotopic (exact) mass is 274 g/mol. The van der Waals surface area contributed by atoms with Gasteiger partial charge in [-0.25, -0.2) is 0 Å². The largest absolute Gasteiger partial charge is 0.399 e. The van der Waals surface area contributed by atoms with Crippen LogP contribution in [-0.4, -0.2) is 5.91 Å². The third kappa shape index (κ3) is 3.06. The Morgan fingerprint density at radius 3 is 2.53 bits per heavy atom. The van der Waals surface area contributed by atoms with Crippen LogP contribution in [0.2, 0.25) is 5.02 Å². The van der Waals surface area contributed by atoms with Crippen molar-refractivity contribution in [3.8, 4) is 0 Å². The van der Waals surface area contributed by atoms with Gasteiger partial charge in [0.15, 0.2) is 0 Å². The maximum atomic E-state index is 12.1. The number of hydrogen-bond donors (Lipinski definition) is 2. The highest BCUT2D eigenvalue weighted by Crippen LogP contribution is 2.23. The average Bonchev–Trinajstić information content (AvgIpc) is 2.36. The number of nitrogens with two attached hydrogens (primary N) is 1. The van der Waals surface area contributed by atoms with E-state index in [4.69, 9.17) is 17.3 Å². The van der Waals surface area contributed by atoms with Crippen LogP contribution in [0.25, 0.3) is 0 Å². The summed E-state index contributed by atoms with van der Waals surface area (Å²) in [5.41, 5.74) is 9.49. The van der Waals surface area contributed by atoms with Crippen molar-refractivity contribution in [3.05, 3.63) is 58.1 Å². The van der Waals surface area contributed by atoms with Crippen LogP contribution >= 0.6 is 11.6 Å². The number of anilines is 2. The number of rotatable bonds is 2. The van der Waals surface area contributed by atoms with E-state index in [1.54, 1.807) is 24.3 Å². The number of nitrogens with one attached hydrogen (secondary N) is 1. The first-order valence-electron chi connectivity index (χ1n) is 5.91. The van der Waals surface area contributed by atoms with Crippen molar-refractivity contribution in [2.45, 2.75) is 13.8 Å². The number of nitrogen functional groups attached to an aromatic ring is 1. The van der Waals surface area contributed by atoms with Crippen molar-refractivity contribution in [2.24, 2.45) is 0 Å². The molecule has 0 fully saturated rings. The molecule has 0 aliphatic carbocycles. The molecule has 0 bridgehead atoms. The molecule has 1 amide bonds. The fraction of sp³-hybridized carbons (Fsp3) is 0.133. The lowest BCUT2D eigenvalue weighted by molar-refractivity contribution is 0.102. The fourth-order valence-corrected chi connectivity index (χ4v) is 2.02. The zero-order chi connectivity index (χ0) is 14.0.